The number of carbonyl (C=O) groups is 1. The summed E-state index contributed by atoms with van der Waals surface area (Å²) >= 11 is 0. The number of furan rings is 1. The highest BCUT2D eigenvalue weighted by molar-refractivity contribution is 5.84. The van der Waals surface area contributed by atoms with Crippen LogP contribution in [0.1, 0.15) is 28.0 Å². The Balaban J connectivity index is 2.27. The van der Waals surface area contributed by atoms with Gasteiger partial charge in [0.1, 0.15) is 11.9 Å². The minimum atomic E-state index is -1.15. The van der Waals surface area contributed by atoms with E-state index < -0.39 is 12.1 Å². The van der Waals surface area contributed by atoms with Gasteiger partial charge in [0.25, 0.3) is 0 Å². The van der Waals surface area contributed by atoms with Crippen molar-refractivity contribution in [2.45, 2.75) is 6.10 Å². The Kier molecular flexibility index (Phi) is 2.74. The van der Waals surface area contributed by atoms with Gasteiger partial charge in [-0.05, 0) is 17.7 Å². The van der Waals surface area contributed by atoms with E-state index >= 15 is 0 Å². The Morgan fingerprint density at radius 1 is 1.12 bits per heavy atom. The lowest BCUT2D eigenvalue weighted by atomic mass is 10.1. The molecule has 2 N–H and O–H groups in total. The third-order valence-electron chi connectivity index (χ3n) is 2.22. The van der Waals surface area contributed by atoms with Gasteiger partial charge in [0.15, 0.2) is 0 Å². The Morgan fingerprint density at radius 2 is 1.81 bits per heavy atom. The summed E-state index contributed by atoms with van der Waals surface area (Å²) in [6, 6.07) is 11.7. The lowest BCUT2D eigenvalue weighted by Crippen LogP contribution is -1.98. The molecule has 4 nitrogen and oxygen atoms in total. The molecule has 0 aliphatic heterocycles. The van der Waals surface area contributed by atoms with E-state index in [-0.39, 0.29) is 11.5 Å². The molecule has 2 aromatic rings. The third kappa shape index (κ3) is 1.97. The maximum Gasteiger partial charge on any atom is 0.371 e. The van der Waals surface area contributed by atoms with E-state index in [1.165, 1.54) is 12.1 Å². The van der Waals surface area contributed by atoms with E-state index in [9.17, 15) is 9.90 Å². The number of carboxylic acid groups (broad SMARTS) is 1. The summed E-state index contributed by atoms with van der Waals surface area (Å²) in [5, 5.41) is 18.6. The maximum absolute atomic E-state index is 10.6. The number of hydrogen-bond donors (Lipinski definition) is 2. The predicted molar refractivity (Wildman–Crippen MR) is 56.2 cm³/mol. The highest BCUT2D eigenvalue weighted by Gasteiger charge is 2.16. The van der Waals surface area contributed by atoms with Crippen LogP contribution in [0, 0.1) is 0 Å². The van der Waals surface area contributed by atoms with Crippen molar-refractivity contribution in [2.24, 2.45) is 0 Å². The molecule has 0 saturated carbocycles. The van der Waals surface area contributed by atoms with Gasteiger partial charge in [-0.25, -0.2) is 4.79 Å². The summed E-state index contributed by atoms with van der Waals surface area (Å²) in [4.78, 5) is 10.6. The summed E-state index contributed by atoms with van der Waals surface area (Å²) < 4.78 is 5.01. The van der Waals surface area contributed by atoms with Crippen molar-refractivity contribution in [3.63, 3.8) is 0 Å². The molecule has 1 unspecified atom stereocenters. The monoisotopic (exact) mass is 218 g/mol. The van der Waals surface area contributed by atoms with Crippen LogP contribution in [0.3, 0.4) is 0 Å². The molecular weight excluding hydrogens is 208 g/mol. The van der Waals surface area contributed by atoms with Crippen LogP contribution in [0.25, 0.3) is 0 Å². The second-order valence-electron chi connectivity index (χ2n) is 3.32. The van der Waals surface area contributed by atoms with Crippen LogP contribution in [0.4, 0.5) is 0 Å². The molecule has 0 bridgehead atoms. The first kappa shape index (κ1) is 10.4. The zero-order chi connectivity index (χ0) is 11.5. The number of benzene rings is 1. The minimum absolute atomic E-state index is 0.176. The van der Waals surface area contributed by atoms with Crippen molar-refractivity contribution in [1.82, 2.24) is 0 Å². The van der Waals surface area contributed by atoms with Gasteiger partial charge in [-0.15, -0.1) is 0 Å². The molecule has 0 amide bonds. The largest absolute Gasteiger partial charge is 0.475 e. The average molecular weight is 218 g/mol. The number of carboxylic acids is 1. The number of aliphatic hydroxyl groups is 1. The average Bonchev–Trinajstić information content (AvgIpc) is 2.78. The summed E-state index contributed by atoms with van der Waals surface area (Å²) in [5.41, 5.74) is 0.661. The summed E-state index contributed by atoms with van der Waals surface area (Å²) in [6.45, 7) is 0. The quantitative estimate of drug-likeness (QED) is 0.827. The summed E-state index contributed by atoms with van der Waals surface area (Å²) in [5.74, 6) is -1.10. The second kappa shape index (κ2) is 4.20. The predicted octanol–water partition coefficient (Wildman–Crippen LogP) is 2.06. The van der Waals surface area contributed by atoms with Gasteiger partial charge in [0, 0.05) is 0 Å². The first-order chi connectivity index (χ1) is 7.68. The Bertz CT molecular complexity index is 487. The zero-order valence-corrected chi connectivity index (χ0v) is 8.33. The van der Waals surface area contributed by atoms with Crippen molar-refractivity contribution in [3.8, 4) is 0 Å². The van der Waals surface area contributed by atoms with E-state index in [4.69, 9.17) is 9.52 Å². The maximum atomic E-state index is 10.6. The molecule has 0 aliphatic carbocycles. The lowest BCUT2D eigenvalue weighted by Gasteiger charge is -2.06. The van der Waals surface area contributed by atoms with Crippen LogP contribution in [-0.2, 0) is 0 Å². The molecule has 0 aliphatic rings. The van der Waals surface area contributed by atoms with Crippen LogP contribution in [0.15, 0.2) is 46.9 Å². The van der Waals surface area contributed by atoms with Gasteiger partial charge in [0.05, 0.1) is 0 Å². The minimum Gasteiger partial charge on any atom is -0.475 e. The normalized spacial score (nSPS) is 12.3. The first-order valence-electron chi connectivity index (χ1n) is 4.74. The SMILES string of the molecule is O=C(O)c1ccc(C(O)c2ccccc2)o1. The standard InChI is InChI=1S/C12H10O4/c13-11(8-4-2-1-3-5-8)9-6-7-10(16-9)12(14)15/h1-7,11,13H,(H,14,15). The van der Waals surface area contributed by atoms with E-state index in [2.05, 4.69) is 0 Å². The topological polar surface area (TPSA) is 70.7 Å². The Labute approximate surface area is 91.8 Å². The Morgan fingerprint density at radius 3 is 2.38 bits per heavy atom. The Hall–Kier alpha value is -2.07. The van der Waals surface area contributed by atoms with Gasteiger partial charge in [-0.1, -0.05) is 30.3 Å². The molecule has 1 aromatic carbocycles. The molecule has 16 heavy (non-hydrogen) atoms. The number of hydrogen-bond acceptors (Lipinski definition) is 3. The van der Waals surface area contributed by atoms with E-state index in [1.54, 1.807) is 24.3 Å². The second-order valence-corrected chi connectivity index (χ2v) is 3.32. The molecule has 0 radical (unpaired) electrons. The van der Waals surface area contributed by atoms with Crippen LogP contribution < -0.4 is 0 Å². The van der Waals surface area contributed by atoms with Gasteiger partial charge in [-0.2, -0.15) is 0 Å². The van der Waals surface area contributed by atoms with Gasteiger partial charge in [0.2, 0.25) is 5.76 Å². The highest BCUT2D eigenvalue weighted by Crippen LogP contribution is 2.23. The smallest absolute Gasteiger partial charge is 0.371 e. The van der Waals surface area contributed by atoms with Crippen LogP contribution in [0.5, 0.6) is 0 Å². The molecular formula is C12H10O4. The molecule has 0 fully saturated rings. The molecule has 1 atom stereocenters. The lowest BCUT2D eigenvalue weighted by molar-refractivity contribution is 0.0655. The summed E-state index contributed by atoms with van der Waals surface area (Å²) in [6.07, 6.45) is -0.936. The van der Waals surface area contributed by atoms with Crippen molar-refractivity contribution in [1.29, 1.82) is 0 Å². The van der Waals surface area contributed by atoms with Crippen molar-refractivity contribution < 1.29 is 19.4 Å². The van der Waals surface area contributed by atoms with Crippen molar-refractivity contribution in [2.75, 3.05) is 0 Å². The number of aliphatic hydroxyl groups excluding tert-OH is 1. The van der Waals surface area contributed by atoms with Crippen LogP contribution >= 0.6 is 0 Å². The van der Waals surface area contributed by atoms with Gasteiger partial charge < -0.3 is 14.6 Å². The van der Waals surface area contributed by atoms with E-state index in [1.807, 2.05) is 6.07 Å². The van der Waals surface area contributed by atoms with Crippen LogP contribution in [0.2, 0.25) is 0 Å². The fourth-order valence-corrected chi connectivity index (χ4v) is 1.41. The molecule has 82 valence electrons. The number of rotatable bonds is 3. The van der Waals surface area contributed by atoms with Gasteiger partial charge >= 0.3 is 5.97 Å². The number of aromatic carboxylic acids is 1. The molecule has 1 aromatic heterocycles. The molecule has 4 heteroatoms. The molecule has 0 saturated heterocycles. The fourth-order valence-electron chi connectivity index (χ4n) is 1.41. The molecule has 2 rings (SSSR count). The molecule has 0 spiro atoms. The zero-order valence-electron chi connectivity index (χ0n) is 8.33. The summed E-state index contributed by atoms with van der Waals surface area (Å²) in [7, 11) is 0. The van der Waals surface area contributed by atoms with Gasteiger partial charge in [-0.3, -0.25) is 0 Å². The van der Waals surface area contributed by atoms with Crippen LogP contribution in [-0.4, -0.2) is 16.2 Å². The highest BCUT2D eigenvalue weighted by atomic mass is 16.4. The van der Waals surface area contributed by atoms with E-state index in [0.29, 0.717) is 5.56 Å². The van der Waals surface area contributed by atoms with Crippen molar-refractivity contribution in [3.05, 3.63) is 59.5 Å². The fraction of sp³-hybridized carbons (Fsp3) is 0.0833. The first-order valence-corrected chi connectivity index (χ1v) is 4.74. The molecule has 1 heterocycles. The third-order valence-corrected chi connectivity index (χ3v) is 2.22. The van der Waals surface area contributed by atoms with E-state index in [0.717, 1.165) is 0 Å². The van der Waals surface area contributed by atoms with Crippen molar-refractivity contribution >= 4 is 5.97 Å².